The first kappa shape index (κ1) is 14.1. The maximum absolute atomic E-state index is 12.8. The number of hydrogen-bond acceptors (Lipinski definition) is 3. The SMILES string of the molecule is CCN(C(=O)c1ccc2cn[nH]c2c1)C1CCCC1CN. The number of benzene rings is 1. The molecule has 2 atom stereocenters. The summed E-state index contributed by atoms with van der Waals surface area (Å²) in [6.45, 7) is 3.42. The van der Waals surface area contributed by atoms with Crippen LogP contribution in [0.2, 0.25) is 0 Å². The smallest absolute Gasteiger partial charge is 0.254 e. The molecule has 0 aliphatic heterocycles. The van der Waals surface area contributed by atoms with Crippen LogP contribution in [0.4, 0.5) is 0 Å². The average Bonchev–Trinajstić information content (AvgIpc) is 3.15. The molecule has 21 heavy (non-hydrogen) atoms. The molecule has 3 rings (SSSR count). The molecule has 0 bridgehead atoms. The van der Waals surface area contributed by atoms with E-state index < -0.39 is 0 Å². The van der Waals surface area contributed by atoms with E-state index in [9.17, 15) is 4.79 Å². The predicted octanol–water partition coefficient (Wildman–Crippen LogP) is 2.15. The Hall–Kier alpha value is -1.88. The van der Waals surface area contributed by atoms with Crippen molar-refractivity contribution in [1.29, 1.82) is 0 Å². The van der Waals surface area contributed by atoms with Gasteiger partial charge in [-0.2, -0.15) is 5.10 Å². The Morgan fingerprint density at radius 1 is 1.48 bits per heavy atom. The van der Waals surface area contributed by atoms with Crippen LogP contribution in [0.15, 0.2) is 24.4 Å². The minimum Gasteiger partial charge on any atom is -0.336 e. The van der Waals surface area contributed by atoms with Gasteiger partial charge in [-0.15, -0.1) is 0 Å². The van der Waals surface area contributed by atoms with Gasteiger partial charge >= 0.3 is 0 Å². The van der Waals surface area contributed by atoms with Crippen LogP contribution in [0.3, 0.4) is 0 Å². The number of fused-ring (bicyclic) bond motifs is 1. The highest BCUT2D eigenvalue weighted by atomic mass is 16.2. The molecular formula is C16H22N4O. The molecule has 1 aliphatic rings. The molecule has 1 heterocycles. The Kier molecular flexibility index (Phi) is 3.92. The summed E-state index contributed by atoms with van der Waals surface area (Å²) in [6.07, 6.45) is 5.12. The first-order valence-corrected chi connectivity index (χ1v) is 7.68. The molecule has 1 aromatic heterocycles. The van der Waals surface area contributed by atoms with Gasteiger partial charge in [-0.3, -0.25) is 9.89 Å². The summed E-state index contributed by atoms with van der Waals surface area (Å²) in [5.74, 6) is 0.532. The van der Waals surface area contributed by atoms with Gasteiger partial charge in [0.1, 0.15) is 0 Å². The molecule has 3 N–H and O–H groups in total. The summed E-state index contributed by atoms with van der Waals surface area (Å²) >= 11 is 0. The fourth-order valence-electron chi connectivity index (χ4n) is 3.47. The van der Waals surface area contributed by atoms with E-state index in [4.69, 9.17) is 5.73 Å². The van der Waals surface area contributed by atoms with Crippen molar-refractivity contribution in [1.82, 2.24) is 15.1 Å². The lowest BCUT2D eigenvalue weighted by atomic mass is 10.0. The molecule has 2 unspecified atom stereocenters. The van der Waals surface area contributed by atoms with Gasteiger partial charge in [0.2, 0.25) is 0 Å². The second-order valence-electron chi connectivity index (χ2n) is 5.76. The minimum atomic E-state index is 0.0966. The summed E-state index contributed by atoms with van der Waals surface area (Å²) in [5.41, 5.74) is 7.49. The number of nitrogens with one attached hydrogen (secondary N) is 1. The normalized spacial score (nSPS) is 21.8. The molecule has 1 aliphatic carbocycles. The molecule has 0 saturated heterocycles. The fourth-order valence-corrected chi connectivity index (χ4v) is 3.47. The first-order valence-electron chi connectivity index (χ1n) is 7.68. The Bertz CT molecular complexity index is 636. The molecule has 5 nitrogen and oxygen atoms in total. The van der Waals surface area contributed by atoms with Crippen molar-refractivity contribution < 1.29 is 4.79 Å². The molecule has 5 heteroatoms. The Morgan fingerprint density at radius 2 is 2.33 bits per heavy atom. The van der Waals surface area contributed by atoms with Gasteiger partial charge in [0.05, 0.1) is 11.7 Å². The van der Waals surface area contributed by atoms with Crippen LogP contribution in [0.1, 0.15) is 36.5 Å². The Labute approximate surface area is 124 Å². The largest absolute Gasteiger partial charge is 0.336 e. The molecule has 1 fully saturated rings. The molecule has 2 aromatic rings. The third kappa shape index (κ3) is 2.53. The number of aromatic amines is 1. The zero-order chi connectivity index (χ0) is 14.8. The predicted molar refractivity (Wildman–Crippen MR) is 83.0 cm³/mol. The standard InChI is InChI=1S/C16H22N4O/c1-2-20(15-5-3-4-12(15)9-17)16(21)11-6-7-13-10-18-19-14(13)8-11/h6-8,10,12,15H,2-5,9,17H2,1H3,(H,18,19). The summed E-state index contributed by atoms with van der Waals surface area (Å²) in [5, 5.41) is 7.95. The van der Waals surface area contributed by atoms with Gasteiger partial charge in [-0.05, 0) is 44.4 Å². The molecular weight excluding hydrogens is 264 g/mol. The minimum absolute atomic E-state index is 0.0966. The van der Waals surface area contributed by atoms with Gasteiger partial charge < -0.3 is 10.6 Å². The Balaban J connectivity index is 1.87. The van der Waals surface area contributed by atoms with E-state index in [1.807, 2.05) is 30.0 Å². The summed E-state index contributed by atoms with van der Waals surface area (Å²) in [7, 11) is 0. The van der Waals surface area contributed by atoms with E-state index in [0.717, 1.165) is 42.3 Å². The van der Waals surface area contributed by atoms with Crippen LogP contribution in [0.5, 0.6) is 0 Å². The van der Waals surface area contributed by atoms with Crippen LogP contribution in [-0.2, 0) is 0 Å². The van der Waals surface area contributed by atoms with E-state index in [0.29, 0.717) is 12.5 Å². The van der Waals surface area contributed by atoms with Crippen LogP contribution in [-0.4, -0.2) is 40.1 Å². The van der Waals surface area contributed by atoms with Crippen molar-refractivity contribution in [2.45, 2.75) is 32.2 Å². The third-order valence-electron chi connectivity index (χ3n) is 4.61. The summed E-state index contributed by atoms with van der Waals surface area (Å²) in [6, 6.07) is 5.99. The van der Waals surface area contributed by atoms with Crippen molar-refractivity contribution in [2.24, 2.45) is 11.7 Å². The Morgan fingerprint density at radius 3 is 3.10 bits per heavy atom. The number of nitrogens with two attached hydrogens (primary N) is 1. The topological polar surface area (TPSA) is 75.0 Å². The maximum Gasteiger partial charge on any atom is 0.254 e. The number of nitrogens with zero attached hydrogens (tertiary/aromatic N) is 2. The summed E-state index contributed by atoms with van der Waals surface area (Å²) in [4.78, 5) is 14.8. The zero-order valence-corrected chi connectivity index (χ0v) is 12.4. The number of rotatable bonds is 4. The lowest BCUT2D eigenvalue weighted by Crippen LogP contribution is -2.44. The van der Waals surface area contributed by atoms with Crippen molar-refractivity contribution in [2.75, 3.05) is 13.1 Å². The quantitative estimate of drug-likeness (QED) is 0.904. The second kappa shape index (κ2) is 5.85. The zero-order valence-electron chi connectivity index (χ0n) is 12.4. The molecule has 112 valence electrons. The number of amides is 1. The fraction of sp³-hybridized carbons (Fsp3) is 0.500. The van der Waals surface area contributed by atoms with Gasteiger partial charge in [-0.1, -0.05) is 12.5 Å². The molecule has 1 saturated carbocycles. The van der Waals surface area contributed by atoms with Gasteiger partial charge in [0.25, 0.3) is 5.91 Å². The van der Waals surface area contributed by atoms with Crippen LogP contribution < -0.4 is 5.73 Å². The number of carbonyl (C=O) groups is 1. The number of aromatic nitrogens is 2. The molecule has 1 aromatic carbocycles. The van der Waals surface area contributed by atoms with E-state index in [1.54, 1.807) is 6.20 Å². The van der Waals surface area contributed by atoms with E-state index in [2.05, 4.69) is 10.2 Å². The van der Waals surface area contributed by atoms with E-state index >= 15 is 0 Å². The maximum atomic E-state index is 12.8. The van der Waals surface area contributed by atoms with E-state index in [1.165, 1.54) is 0 Å². The third-order valence-corrected chi connectivity index (χ3v) is 4.61. The van der Waals surface area contributed by atoms with E-state index in [-0.39, 0.29) is 11.9 Å². The van der Waals surface area contributed by atoms with Crippen LogP contribution >= 0.6 is 0 Å². The van der Waals surface area contributed by atoms with Gasteiger partial charge in [-0.25, -0.2) is 0 Å². The van der Waals surface area contributed by atoms with Crippen molar-refractivity contribution in [3.05, 3.63) is 30.0 Å². The molecule has 1 amide bonds. The van der Waals surface area contributed by atoms with Crippen LogP contribution in [0.25, 0.3) is 10.9 Å². The molecule has 0 radical (unpaired) electrons. The lowest BCUT2D eigenvalue weighted by molar-refractivity contribution is 0.0652. The van der Waals surface area contributed by atoms with Crippen molar-refractivity contribution in [3.63, 3.8) is 0 Å². The highest BCUT2D eigenvalue weighted by Crippen LogP contribution is 2.30. The number of H-pyrrole nitrogens is 1. The van der Waals surface area contributed by atoms with Crippen molar-refractivity contribution in [3.8, 4) is 0 Å². The first-order chi connectivity index (χ1) is 10.2. The monoisotopic (exact) mass is 286 g/mol. The molecule has 0 spiro atoms. The second-order valence-corrected chi connectivity index (χ2v) is 5.76. The van der Waals surface area contributed by atoms with Crippen LogP contribution in [0, 0.1) is 5.92 Å². The highest BCUT2D eigenvalue weighted by molar-refractivity contribution is 5.97. The lowest BCUT2D eigenvalue weighted by Gasteiger charge is -2.32. The number of hydrogen-bond donors (Lipinski definition) is 2. The summed E-state index contributed by atoms with van der Waals surface area (Å²) < 4.78 is 0. The number of carbonyl (C=O) groups excluding carboxylic acids is 1. The van der Waals surface area contributed by atoms with Crippen molar-refractivity contribution >= 4 is 16.8 Å². The average molecular weight is 286 g/mol. The van der Waals surface area contributed by atoms with Gasteiger partial charge in [0.15, 0.2) is 0 Å². The van der Waals surface area contributed by atoms with Gasteiger partial charge in [0, 0.05) is 23.5 Å². The highest BCUT2D eigenvalue weighted by Gasteiger charge is 2.33.